The zero-order valence-corrected chi connectivity index (χ0v) is 10.5. The largest absolute Gasteiger partial charge is 0.379 e. The van der Waals surface area contributed by atoms with Crippen LogP contribution in [0.15, 0.2) is 16.6 Å². The van der Waals surface area contributed by atoms with Gasteiger partial charge >= 0.3 is 0 Å². The fourth-order valence-electron chi connectivity index (χ4n) is 1.46. The highest BCUT2D eigenvalue weighted by Crippen LogP contribution is 2.27. The number of amidine groups is 1. The van der Waals surface area contributed by atoms with Crippen molar-refractivity contribution in [2.45, 2.75) is 33.7 Å². The fraction of sp³-hybridized carbons (Fsp3) is 0.636. The molecule has 1 aliphatic heterocycles. The Morgan fingerprint density at radius 2 is 2.20 bits per heavy atom. The topological polar surface area (TPSA) is 55.5 Å². The molecule has 0 aromatic rings. The van der Waals surface area contributed by atoms with Gasteiger partial charge in [0.1, 0.15) is 0 Å². The third-order valence-electron chi connectivity index (χ3n) is 2.29. The van der Waals surface area contributed by atoms with Crippen LogP contribution in [0.25, 0.3) is 0 Å². The lowest BCUT2D eigenvalue weighted by atomic mass is 9.84. The molecule has 0 spiro atoms. The number of aliphatic imine (C=N–C) groups is 1. The van der Waals surface area contributed by atoms with Gasteiger partial charge in [0, 0.05) is 16.7 Å². The van der Waals surface area contributed by atoms with Crippen LogP contribution in [0.2, 0.25) is 0 Å². The second-order valence-electron chi connectivity index (χ2n) is 4.62. The van der Waals surface area contributed by atoms with E-state index in [0.29, 0.717) is 5.17 Å². The van der Waals surface area contributed by atoms with Crippen LogP contribution in [-0.2, 0) is 4.79 Å². The second kappa shape index (κ2) is 4.39. The Labute approximate surface area is 95.2 Å². The summed E-state index contributed by atoms with van der Waals surface area (Å²) in [6.45, 7) is 7.66. The quantitative estimate of drug-likeness (QED) is 0.732. The van der Waals surface area contributed by atoms with E-state index in [1.165, 1.54) is 11.8 Å². The Bertz CT molecular complexity index is 326. The first-order valence-electron chi connectivity index (χ1n) is 5.03. The first-order valence-corrected chi connectivity index (χ1v) is 6.02. The molecule has 0 saturated heterocycles. The molecule has 0 saturated carbocycles. The summed E-state index contributed by atoms with van der Waals surface area (Å²) < 4.78 is 0. The zero-order valence-electron chi connectivity index (χ0n) is 9.70. The lowest BCUT2D eigenvalue weighted by molar-refractivity contribution is -0.122. The normalized spacial score (nSPS) is 22.8. The van der Waals surface area contributed by atoms with Gasteiger partial charge in [-0.2, -0.15) is 0 Å². The molecule has 15 heavy (non-hydrogen) atoms. The molecule has 1 unspecified atom stereocenters. The number of thioether (sulfide) groups is 1. The lowest BCUT2D eigenvalue weighted by Gasteiger charge is -2.20. The first-order chi connectivity index (χ1) is 6.86. The van der Waals surface area contributed by atoms with Crippen LogP contribution in [0.3, 0.4) is 0 Å². The predicted molar refractivity (Wildman–Crippen MR) is 66.1 cm³/mol. The molecule has 3 nitrogen and oxygen atoms in total. The SMILES string of the molecule is C/C=C(\C(=O)C(C)(C)C)C1CSC(N)=N1. The Morgan fingerprint density at radius 1 is 1.60 bits per heavy atom. The summed E-state index contributed by atoms with van der Waals surface area (Å²) in [4.78, 5) is 16.4. The summed E-state index contributed by atoms with van der Waals surface area (Å²) in [6.07, 6.45) is 1.86. The summed E-state index contributed by atoms with van der Waals surface area (Å²) in [6, 6.07) is -0.0493. The van der Waals surface area contributed by atoms with E-state index in [1.54, 1.807) is 0 Å². The molecule has 1 atom stereocenters. The molecule has 1 aliphatic rings. The maximum atomic E-state index is 12.1. The van der Waals surface area contributed by atoms with E-state index >= 15 is 0 Å². The molecular weight excluding hydrogens is 208 g/mol. The summed E-state index contributed by atoms with van der Waals surface area (Å²) in [5.41, 5.74) is 6.04. The van der Waals surface area contributed by atoms with Gasteiger partial charge in [0.2, 0.25) is 0 Å². The summed E-state index contributed by atoms with van der Waals surface area (Å²) in [5, 5.41) is 0.584. The van der Waals surface area contributed by atoms with Crippen molar-refractivity contribution in [3.05, 3.63) is 11.6 Å². The predicted octanol–water partition coefficient (Wildman–Crippen LogP) is 1.98. The standard InChI is InChI=1S/C11H18N2OS/c1-5-7(9(14)11(2,3)4)8-6-15-10(12)13-8/h5,8H,6H2,1-4H3,(H2,12,13)/b7-5-. The maximum absolute atomic E-state index is 12.1. The Balaban J connectivity index is 2.88. The highest BCUT2D eigenvalue weighted by Gasteiger charge is 2.31. The van der Waals surface area contributed by atoms with Gasteiger partial charge in [-0.25, -0.2) is 0 Å². The smallest absolute Gasteiger partial charge is 0.166 e. The zero-order chi connectivity index (χ0) is 11.6. The van der Waals surface area contributed by atoms with Crippen LogP contribution in [0.1, 0.15) is 27.7 Å². The third kappa shape index (κ3) is 2.84. The van der Waals surface area contributed by atoms with Crippen LogP contribution >= 0.6 is 11.8 Å². The van der Waals surface area contributed by atoms with E-state index in [2.05, 4.69) is 4.99 Å². The summed E-state index contributed by atoms with van der Waals surface area (Å²) in [5.74, 6) is 0.946. The molecule has 0 amide bonds. The molecule has 1 rings (SSSR count). The number of carbonyl (C=O) groups excluding carboxylic acids is 1. The van der Waals surface area contributed by atoms with Gasteiger partial charge in [-0.3, -0.25) is 9.79 Å². The molecule has 0 bridgehead atoms. The Morgan fingerprint density at radius 3 is 2.53 bits per heavy atom. The molecule has 1 heterocycles. The third-order valence-corrected chi connectivity index (χ3v) is 3.17. The molecule has 0 radical (unpaired) electrons. The Hall–Kier alpha value is -0.770. The molecule has 4 heteroatoms. The highest BCUT2D eigenvalue weighted by atomic mass is 32.2. The van der Waals surface area contributed by atoms with Gasteiger partial charge in [-0.15, -0.1) is 0 Å². The van der Waals surface area contributed by atoms with E-state index in [-0.39, 0.29) is 17.2 Å². The van der Waals surface area contributed by atoms with Gasteiger partial charge in [0.25, 0.3) is 0 Å². The molecule has 0 aromatic carbocycles. The number of rotatable bonds is 2. The first kappa shape index (κ1) is 12.3. The molecular formula is C11H18N2OS. The van der Waals surface area contributed by atoms with Crippen molar-refractivity contribution in [3.63, 3.8) is 0 Å². The molecule has 0 fully saturated rings. The van der Waals surface area contributed by atoms with E-state index in [4.69, 9.17) is 5.73 Å². The van der Waals surface area contributed by atoms with Crippen molar-refractivity contribution in [1.29, 1.82) is 0 Å². The van der Waals surface area contributed by atoms with Crippen LogP contribution in [0.5, 0.6) is 0 Å². The summed E-state index contributed by atoms with van der Waals surface area (Å²) in [7, 11) is 0. The summed E-state index contributed by atoms with van der Waals surface area (Å²) >= 11 is 1.51. The van der Waals surface area contributed by atoms with Crippen molar-refractivity contribution in [3.8, 4) is 0 Å². The lowest BCUT2D eigenvalue weighted by Crippen LogP contribution is -2.28. The number of Topliss-reactive ketones (excluding diaryl/α,β-unsaturated/α-hetero) is 1. The van der Waals surface area contributed by atoms with Crippen molar-refractivity contribution < 1.29 is 4.79 Å². The highest BCUT2D eigenvalue weighted by molar-refractivity contribution is 8.14. The number of hydrogen-bond donors (Lipinski definition) is 1. The van der Waals surface area contributed by atoms with Gasteiger partial charge in [-0.05, 0) is 6.92 Å². The minimum absolute atomic E-state index is 0.0493. The minimum atomic E-state index is -0.348. The maximum Gasteiger partial charge on any atom is 0.166 e. The average Bonchev–Trinajstić information content (AvgIpc) is 2.51. The number of nitrogens with zero attached hydrogens (tertiary/aromatic N) is 1. The number of allylic oxidation sites excluding steroid dienone is 1. The van der Waals surface area contributed by atoms with E-state index in [0.717, 1.165) is 11.3 Å². The fourth-order valence-corrected chi connectivity index (χ4v) is 2.24. The monoisotopic (exact) mass is 226 g/mol. The van der Waals surface area contributed by atoms with E-state index in [1.807, 2.05) is 33.8 Å². The molecule has 0 aromatic heterocycles. The molecule has 2 N–H and O–H groups in total. The van der Waals surface area contributed by atoms with Crippen LogP contribution in [-0.4, -0.2) is 22.7 Å². The van der Waals surface area contributed by atoms with E-state index < -0.39 is 0 Å². The van der Waals surface area contributed by atoms with Crippen LogP contribution in [0, 0.1) is 5.41 Å². The van der Waals surface area contributed by atoms with E-state index in [9.17, 15) is 4.79 Å². The van der Waals surface area contributed by atoms with Crippen molar-refractivity contribution in [2.75, 3.05) is 5.75 Å². The number of carbonyl (C=O) groups is 1. The average molecular weight is 226 g/mol. The number of nitrogens with two attached hydrogens (primary N) is 1. The van der Waals surface area contributed by atoms with Gasteiger partial charge in [-0.1, -0.05) is 38.6 Å². The number of ketones is 1. The van der Waals surface area contributed by atoms with Crippen molar-refractivity contribution in [2.24, 2.45) is 16.1 Å². The molecule has 0 aliphatic carbocycles. The minimum Gasteiger partial charge on any atom is -0.379 e. The van der Waals surface area contributed by atoms with Crippen LogP contribution in [0.4, 0.5) is 0 Å². The van der Waals surface area contributed by atoms with Gasteiger partial charge in [0.05, 0.1) is 6.04 Å². The van der Waals surface area contributed by atoms with Gasteiger partial charge in [0.15, 0.2) is 11.0 Å². The van der Waals surface area contributed by atoms with Crippen LogP contribution < -0.4 is 5.73 Å². The molecule has 84 valence electrons. The van der Waals surface area contributed by atoms with Gasteiger partial charge < -0.3 is 5.73 Å². The Kier molecular flexibility index (Phi) is 3.60. The van der Waals surface area contributed by atoms with Crippen molar-refractivity contribution in [1.82, 2.24) is 0 Å². The number of hydrogen-bond acceptors (Lipinski definition) is 4. The van der Waals surface area contributed by atoms with Crippen molar-refractivity contribution >= 4 is 22.7 Å². The second-order valence-corrected chi connectivity index (χ2v) is 5.66.